The Morgan fingerprint density at radius 1 is 1.02 bits per heavy atom. The molecule has 0 spiro atoms. The summed E-state index contributed by atoms with van der Waals surface area (Å²) in [5.74, 6) is -1.29. The van der Waals surface area contributed by atoms with Crippen LogP contribution in [0.1, 0.15) is 31.4 Å². The summed E-state index contributed by atoms with van der Waals surface area (Å²) in [5, 5.41) is 2.41. The predicted octanol–water partition coefficient (Wildman–Crippen LogP) is 6.26. The largest absolute Gasteiger partial charge is 0.416 e. The summed E-state index contributed by atoms with van der Waals surface area (Å²) < 4.78 is 69.7. The van der Waals surface area contributed by atoms with Crippen LogP contribution in [-0.4, -0.2) is 44.3 Å². The number of alkyl halides is 3. The van der Waals surface area contributed by atoms with Gasteiger partial charge in [-0.05, 0) is 61.4 Å². The maximum Gasteiger partial charge on any atom is 0.416 e. The Bertz CT molecular complexity index is 1490. The molecule has 1 atom stereocenters. The molecule has 7 nitrogen and oxygen atoms in total. The molecule has 13 heteroatoms. The zero-order valence-electron chi connectivity index (χ0n) is 22.2. The van der Waals surface area contributed by atoms with Gasteiger partial charge >= 0.3 is 6.18 Å². The van der Waals surface area contributed by atoms with E-state index in [0.29, 0.717) is 28.9 Å². The third-order valence-electron chi connectivity index (χ3n) is 6.11. The standard InChI is InChI=1S/C28H28BrClF3N3O4S/c1-3-14-34-27(38)19(2)35(17-20-8-7-9-22(29)15-20)26(37)18-36(41(39,40)23-10-5-4-6-11-23)25-16-21(28(31,32)33)12-13-24(25)30/h4-13,15-16,19H,3,14,17-18H2,1-2H3,(H,34,38). The highest BCUT2D eigenvalue weighted by Gasteiger charge is 2.36. The van der Waals surface area contributed by atoms with E-state index in [1.165, 1.54) is 36.1 Å². The average Bonchev–Trinajstić information content (AvgIpc) is 2.93. The smallest absolute Gasteiger partial charge is 0.354 e. The van der Waals surface area contributed by atoms with Gasteiger partial charge in [0, 0.05) is 17.6 Å². The van der Waals surface area contributed by atoms with E-state index in [0.717, 1.165) is 16.6 Å². The van der Waals surface area contributed by atoms with Crippen molar-refractivity contribution in [2.24, 2.45) is 0 Å². The molecule has 41 heavy (non-hydrogen) atoms. The fourth-order valence-electron chi connectivity index (χ4n) is 3.92. The van der Waals surface area contributed by atoms with E-state index in [4.69, 9.17) is 11.6 Å². The SMILES string of the molecule is CCCNC(=O)C(C)N(Cc1cccc(Br)c1)C(=O)CN(c1cc(C(F)(F)F)ccc1Cl)S(=O)(=O)c1ccccc1. The zero-order valence-corrected chi connectivity index (χ0v) is 25.3. The van der Waals surface area contributed by atoms with Crippen molar-refractivity contribution in [2.75, 3.05) is 17.4 Å². The second kappa shape index (κ2) is 13.7. The van der Waals surface area contributed by atoms with E-state index in [-0.39, 0.29) is 16.5 Å². The van der Waals surface area contributed by atoms with Gasteiger partial charge in [-0.25, -0.2) is 8.42 Å². The molecule has 0 radical (unpaired) electrons. The van der Waals surface area contributed by atoms with Crippen LogP contribution in [0, 0.1) is 0 Å². The number of amides is 2. The summed E-state index contributed by atoms with van der Waals surface area (Å²) >= 11 is 9.61. The molecule has 1 N–H and O–H groups in total. The minimum absolute atomic E-state index is 0.0749. The Morgan fingerprint density at radius 2 is 1.71 bits per heavy atom. The van der Waals surface area contributed by atoms with Gasteiger partial charge < -0.3 is 10.2 Å². The van der Waals surface area contributed by atoms with E-state index in [1.807, 2.05) is 6.92 Å². The molecular formula is C28H28BrClF3N3O4S. The van der Waals surface area contributed by atoms with Crippen LogP contribution in [-0.2, 0) is 32.3 Å². The first-order chi connectivity index (χ1) is 19.3. The van der Waals surface area contributed by atoms with Gasteiger partial charge in [0.1, 0.15) is 12.6 Å². The van der Waals surface area contributed by atoms with E-state index in [1.54, 1.807) is 30.3 Å². The summed E-state index contributed by atoms with van der Waals surface area (Å²) in [4.78, 5) is 27.7. The van der Waals surface area contributed by atoms with Crippen molar-refractivity contribution in [3.63, 3.8) is 0 Å². The molecule has 3 aromatic carbocycles. The minimum atomic E-state index is -4.80. The van der Waals surface area contributed by atoms with Crippen LogP contribution in [0.5, 0.6) is 0 Å². The minimum Gasteiger partial charge on any atom is -0.354 e. The van der Waals surface area contributed by atoms with Crippen molar-refractivity contribution in [2.45, 2.75) is 43.9 Å². The summed E-state index contributed by atoms with van der Waals surface area (Å²) in [6.45, 7) is 2.72. The lowest BCUT2D eigenvalue weighted by Crippen LogP contribution is -2.51. The van der Waals surface area contributed by atoms with Crippen LogP contribution >= 0.6 is 27.5 Å². The summed E-state index contributed by atoms with van der Waals surface area (Å²) in [6, 6.07) is 15.2. The van der Waals surface area contributed by atoms with Gasteiger partial charge in [-0.1, -0.05) is 64.8 Å². The highest BCUT2D eigenvalue weighted by atomic mass is 79.9. The van der Waals surface area contributed by atoms with Gasteiger partial charge in [0.25, 0.3) is 10.0 Å². The number of anilines is 1. The maximum atomic E-state index is 13.9. The Balaban J connectivity index is 2.12. The first-order valence-electron chi connectivity index (χ1n) is 12.5. The van der Waals surface area contributed by atoms with Crippen LogP contribution in [0.2, 0.25) is 5.02 Å². The van der Waals surface area contributed by atoms with Gasteiger partial charge in [0.2, 0.25) is 11.8 Å². The number of nitrogens with zero attached hydrogens (tertiary/aromatic N) is 2. The number of hydrogen-bond acceptors (Lipinski definition) is 4. The number of benzene rings is 3. The third-order valence-corrected chi connectivity index (χ3v) is 8.70. The third kappa shape index (κ3) is 8.23. The normalized spacial score (nSPS) is 12.5. The molecular weight excluding hydrogens is 647 g/mol. The van der Waals surface area contributed by atoms with Crippen molar-refractivity contribution >= 4 is 55.1 Å². The van der Waals surface area contributed by atoms with Crippen molar-refractivity contribution in [3.05, 3.63) is 93.4 Å². The molecule has 0 saturated carbocycles. The predicted molar refractivity (Wildman–Crippen MR) is 155 cm³/mol. The molecule has 3 aromatic rings. The Hall–Kier alpha value is -3.09. The fourth-order valence-corrected chi connectivity index (χ4v) is 6.09. The monoisotopic (exact) mass is 673 g/mol. The van der Waals surface area contributed by atoms with Crippen LogP contribution in [0.3, 0.4) is 0 Å². The Morgan fingerprint density at radius 3 is 2.32 bits per heavy atom. The molecule has 0 aliphatic heterocycles. The molecule has 0 aliphatic rings. The highest BCUT2D eigenvalue weighted by molar-refractivity contribution is 9.10. The number of carbonyl (C=O) groups is 2. The number of nitrogens with one attached hydrogen (secondary N) is 1. The fraction of sp³-hybridized carbons (Fsp3) is 0.286. The Labute approximate surface area is 250 Å². The molecule has 0 aromatic heterocycles. The lowest BCUT2D eigenvalue weighted by molar-refractivity contribution is -0.139. The second-order valence-corrected chi connectivity index (χ2v) is 12.3. The molecule has 2 amide bonds. The number of carbonyl (C=O) groups excluding carboxylic acids is 2. The van der Waals surface area contributed by atoms with Crippen LogP contribution < -0.4 is 9.62 Å². The molecule has 1 unspecified atom stereocenters. The van der Waals surface area contributed by atoms with Gasteiger partial charge in [0.05, 0.1) is 21.2 Å². The molecule has 0 fully saturated rings. The van der Waals surface area contributed by atoms with Crippen LogP contribution in [0.25, 0.3) is 0 Å². The van der Waals surface area contributed by atoms with E-state index in [2.05, 4.69) is 21.2 Å². The zero-order chi connectivity index (χ0) is 30.4. The highest BCUT2D eigenvalue weighted by Crippen LogP contribution is 2.37. The van der Waals surface area contributed by atoms with Gasteiger partial charge in [-0.3, -0.25) is 13.9 Å². The number of hydrogen-bond donors (Lipinski definition) is 1. The first-order valence-corrected chi connectivity index (χ1v) is 15.1. The molecule has 0 heterocycles. The van der Waals surface area contributed by atoms with Crippen LogP contribution in [0.15, 0.2) is 82.2 Å². The molecule has 0 aliphatic carbocycles. The number of rotatable bonds is 11. The molecule has 220 valence electrons. The molecule has 0 saturated heterocycles. The van der Waals surface area contributed by atoms with Crippen molar-refractivity contribution in [3.8, 4) is 0 Å². The van der Waals surface area contributed by atoms with E-state index < -0.39 is 51.9 Å². The van der Waals surface area contributed by atoms with E-state index in [9.17, 15) is 31.2 Å². The lowest BCUT2D eigenvalue weighted by Gasteiger charge is -2.32. The number of halogens is 5. The van der Waals surface area contributed by atoms with Gasteiger partial charge in [0.15, 0.2) is 0 Å². The topological polar surface area (TPSA) is 86.8 Å². The second-order valence-electron chi connectivity index (χ2n) is 9.11. The first kappa shape index (κ1) is 32.4. The van der Waals surface area contributed by atoms with Crippen molar-refractivity contribution in [1.29, 1.82) is 0 Å². The summed E-state index contributed by atoms with van der Waals surface area (Å²) in [5.41, 5.74) is -1.03. The quantitative estimate of drug-likeness (QED) is 0.260. The Kier molecular flexibility index (Phi) is 10.8. The van der Waals surface area contributed by atoms with E-state index >= 15 is 0 Å². The molecule has 0 bridgehead atoms. The average molecular weight is 675 g/mol. The summed E-state index contributed by atoms with van der Waals surface area (Å²) in [6.07, 6.45) is -4.15. The van der Waals surface area contributed by atoms with Gasteiger partial charge in [-0.15, -0.1) is 0 Å². The van der Waals surface area contributed by atoms with Gasteiger partial charge in [-0.2, -0.15) is 13.2 Å². The number of sulfonamides is 1. The van der Waals surface area contributed by atoms with Crippen molar-refractivity contribution < 1.29 is 31.2 Å². The van der Waals surface area contributed by atoms with Crippen LogP contribution in [0.4, 0.5) is 18.9 Å². The van der Waals surface area contributed by atoms with Crippen molar-refractivity contribution in [1.82, 2.24) is 10.2 Å². The summed E-state index contributed by atoms with van der Waals surface area (Å²) in [7, 11) is -4.58. The molecule has 3 rings (SSSR count). The maximum absolute atomic E-state index is 13.9. The lowest BCUT2D eigenvalue weighted by atomic mass is 10.1.